The first kappa shape index (κ1) is 12.6. The Labute approximate surface area is 113 Å². The van der Waals surface area contributed by atoms with Gasteiger partial charge in [-0.15, -0.1) is 0 Å². The van der Waals surface area contributed by atoms with E-state index >= 15 is 0 Å². The van der Waals surface area contributed by atoms with Crippen LogP contribution in [0.3, 0.4) is 0 Å². The lowest BCUT2D eigenvalue weighted by Crippen LogP contribution is -2.33. The quantitative estimate of drug-likeness (QED) is 0.742. The lowest BCUT2D eigenvalue weighted by Gasteiger charge is -2.15. The molecule has 0 fully saturated rings. The second-order valence-corrected chi connectivity index (χ2v) is 4.70. The number of nitrogens with one attached hydrogen (secondary N) is 2. The van der Waals surface area contributed by atoms with Gasteiger partial charge in [0.1, 0.15) is 0 Å². The second-order valence-electron chi connectivity index (χ2n) is 4.29. The van der Waals surface area contributed by atoms with Crippen molar-refractivity contribution < 1.29 is 0 Å². The number of hydrogen-bond donors (Lipinski definition) is 2. The summed E-state index contributed by atoms with van der Waals surface area (Å²) in [5, 5.41) is 6.91. The van der Waals surface area contributed by atoms with Crippen molar-refractivity contribution >= 4 is 17.3 Å². The van der Waals surface area contributed by atoms with Crippen LogP contribution >= 0.6 is 12.2 Å². The molecule has 0 amide bonds. The fourth-order valence-electron chi connectivity index (χ4n) is 1.65. The molecule has 0 heterocycles. The summed E-state index contributed by atoms with van der Waals surface area (Å²) in [7, 11) is 0. The Morgan fingerprint density at radius 2 is 1.33 bits per heavy atom. The van der Waals surface area contributed by atoms with Crippen LogP contribution in [0.5, 0.6) is 0 Å². The highest BCUT2D eigenvalue weighted by Gasteiger charge is 2.04. The molecule has 2 aliphatic carbocycles. The molecule has 2 nitrogen and oxygen atoms in total. The first-order chi connectivity index (χ1) is 8.63. The number of rotatable bonds is 2. The maximum absolute atomic E-state index is 5.26. The topological polar surface area (TPSA) is 24.1 Å². The Morgan fingerprint density at radius 1 is 0.889 bits per heavy atom. The summed E-state index contributed by atoms with van der Waals surface area (Å²) < 4.78 is 0. The van der Waals surface area contributed by atoms with Gasteiger partial charge in [-0.2, -0.15) is 0 Å². The van der Waals surface area contributed by atoms with Crippen LogP contribution < -0.4 is 10.6 Å². The molecule has 2 aliphatic rings. The van der Waals surface area contributed by atoms with E-state index in [4.69, 9.17) is 12.2 Å². The Hall–Kier alpha value is -1.87. The van der Waals surface area contributed by atoms with E-state index in [1.54, 1.807) is 0 Å². The van der Waals surface area contributed by atoms with Crippen molar-refractivity contribution in [1.82, 2.24) is 10.6 Å². The van der Waals surface area contributed by atoms with Gasteiger partial charge in [-0.1, -0.05) is 48.6 Å². The summed E-state index contributed by atoms with van der Waals surface area (Å²) in [4.78, 5) is 0. The van der Waals surface area contributed by atoms with Crippen molar-refractivity contribution in [2.24, 2.45) is 0 Å². The van der Waals surface area contributed by atoms with Crippen LogP contribution in [-0.2, 0) is 0 Å². The summed E-state index contributed by atoms with van der Waals surface area (Å²) in [6, 6.07) is 0. The SMILES string of the molecule is C=C1C=CC(NC(=S)NC2=CCC(=C)C=C2)=CC1. The third-order valence-corrected chi connectivity index (χ3v) is 2.89. The van der Waals surface area contributed by atoms with Crippen LogP contribution in [0.25, 0.3) is 0 Å². The molecule has 92 valence electrons. The van der Waals surface area contributed by atoms with Gasteiger partial charge in [0, 0.05) is 11.4 Å². The number of allylic oxidation sites excluding steroid dienone is 8. The van der Waals surface area contributed by atoms with Crippen LogP contribution in [0.2, 0.25) is 0 Å². The Balaban J connectivity index is 1.87. The number of hydrogen-bond acceptors (Lipinski definition) is 1. The molecule has 0 unspecified atom stereocenters. The van der Waals surface area contributed by atoms with Gasteiger partial charge in [-0.05, 0) is 37.2 Å². The fourth-order valence-corrected chi connectivity index (χ4v) is 1.88. The highest BCUT2D eigenvalue weighted by atomic mass is 32.1. The molecule has 0 bridgehead atoms. The van der Waals surface area contributed by atoms with Crippen molar-refractivity contribution in [3.63, 3.8) is 0 Å². The highest BCUT2D eigenvalue weighted by molar-refractivity contribution is 7.80. The summed E-state index contributed by atoms with van der Waals surface area (Å²) in [6.45, 7) is 7.79. The van der Waals surface area contributed by atoms with Gasteiger partial charge in [0.2, 0.25) is 0 Å². The van der Waals surface area contributed by atoms with Gasteiger partial charge in [0.25, 0.3) is 0 Å². The summed E-state index contributed by atoms with van der Waals surface area (Å²) in [5.41, 5.74) is 4.22. The largest absolute Gasteiger partial charge is 0.333 e. The van der Waals surface area contributed by atoms with Gasteiger partial charge < -0.3 is 10.6 Å². The molecular weight excluding hydrogens is 240 g/mol. The van der Waals surface area contributed by atoms with Gasteiger partial charge in [0.15, 0.2) is 5.11 Å². The van der Waals surface area contributed by atoms with Gasteiger partial charge in [0.05, 0.1) is 0 Å². The minimum absolute atomic E-state index is 0.599. The molecule has 0 aromatic heterocycles. The van der Waals surface area contributed by atoms with Crippen LogP contribution in [0.15, 0.2) is 72.2 Å². The smallest absolute Gasteiger partial charge is 0.175 e. The zero-order valence-electron chi connectivity index (χ0n) is 10.2. The van der Waals surface area contributed by atoms with E-state index in [0.29, 0.717) is 5.11 Å². The van der Waals surface area contributed by atoms with E-state index in [0.717, 1.165) is 35.4 Å². The molecule has 0 saturated carbocycles. The average molecular weight is 256 g/mol. The first-order valence-electron chi connectivity index (χ1n) is 5.83. The predicted octanol–water partition coefficient (Wildman–Crippen LogP) is 3.25. The highest BCUT2D eigenvalue weighted by Crippen LogP contribution is 2.13. The zero-order valence-corrected chi connectivity index (χ0v) is 11.0. The van der Waals surface area contributed by atoms with E-state index < -0.39 is 0 Å². The molecule has 0 aromatic carbocycles. The zero-order chi connectivity index (χ0) is 13.0. The van der Waals surface area contributed by atoms with Crippen molar-refractivity contribution in [3.05, 3.63) is 72.2 Å². The molecule has 0 spiro atoms. The third kappa shape index (κ3) is 3.57. The van der Waals surface area contributed by atoms with E-state index in [-0.39, 0.29) is 0 Å². The lowest BCUT2D eigenvalue weighted by atomic mass is 10.1. The Bertz CT molecular complexity index is 473. The second kappa shape index (κ2) is 5.65. The molecule has 0 atom stereocenters. The summed E-state index contributed by atoms with van der Waals surface area (Å²) in [6.07, 6.45) is 13.8. The van der Waals surface area contributed by atoms with Crippen LogP contribution in [0.1, 0.15) is 12.8 Å². The molecule has 3 heteroatoms. The minimum Gasteiger partial charge on any atom is -0.333 e. The molecule has 0 aliphatic heterocycles. The molecule has 2 rings (SSSR count). The third-order valence-electron chi connectivity index (χ3n) is 2.68. The lowest BCUT2D eigenvalue weighted by molar-refractivity contribution is 1.03. The van der Waals surface area contributed by atoms with Crippen molar-refractivity contribution in [1.29, 1.82) is 0 Å². The molecule has 0 radical (unpaired) electrons. The molecule has 2 N–H and O–H groups in total. The maximum atomic E-state index is 5.26. The standard InChI is InChI=1S/C15H16N2S/c1-11-3-7-13(8-4-11)16-15(18)17-14-9-5-12(2)6-10-14/h3,5,7-10H,1-2,4,6H2,(H2,16,17,18). The van der Waals surface area contributed by atoms with E-state index in [9.17, 15) is 0 Å². The average Bonchev–Trinajstić information content (AvgIpc) is 2.35. The summed E-state index contributed by atoms with van der Waals surface area (Å²) in [5.74, 6) is 0. The van der Waals surface area contributed by atoms with Crippen LogP contribution in [0, 0.1) is 0 Å². The monoisotopic (exact) mass is 256 g/mol. The molecular formula is C15H16N2S. The molecule has 0 saturated heterocycles. The van der Waals surface area contributed by atoms with Gasteiger partial charge >= 0.3 is 0 Å². The maximum Gasteiger partial charge on any atom is 0.175 e. The first-order valence-corrected chi connectivity index (χ1v) is 6.24. The van der Waals surface area contributed by atoms with Gasteiger partial charge in [-0.3, -0.25) is 0 Å². The van der Waals surface area contributed by atoms with Crippen molar-refractivity contribution in [2.75, 3.05) is 0 Å². The van der Waals surface area contributed by atoms with E-state index in [1.807, 2.05) is 24.3 Å². The fraction of sp³-hybridized carbons (Fsp3) is 0.133. The number of thiocarbonyl (C=S) groups is 1. The van der Waals surface area contributed by atoms with E-state index in [1.165, 1.54) is 0 Å². The predicted molar refractivity (Wildman–Crippen MR) is 80.8 cm³/mol. The van der Waals surface area contributed by atoms with Crippen molar-refractivity contribution in [3.8, 4) is 0 Å². The minimum atomic E-state index is 0.599. The van der Waals surface area contributed by atoms with Crippen LogP contribution in [-0.4, -0.2) is 5.11 Å². The Morgan fingerprint density at radius 3 is 1.67 bits per heavy atom. The van der Waals surface area contributed by atoms with Crippen LogP contribution in [0.4, 0.5) is 0 Å². The summed E-state index contributed by atoms with van der Waals surface area (Å²) >= 11 is 5.26. The molecule has 18 heavy (non-hydrogen) atoms. The molecule has 0 aromatic rings. The normalized spacial score (nSPS) is 18.2. The Kier molecular flexibility index (Phi) is 3.95. The van der Waals surface area contributed by atoms with Crippen molar-refractivity contribution in [2.45, 2.75) is 12.8 Å². The van der Waals surface area contributed by atoms with Gasteiger partial charge in [-0.25, -0.2) is 0 Å². The van der Waals surface area contributed by atoms with E-state index in [2.05, 4.69) is 35.9 Å².